The molecule has 2 rings (SSSR count). The monoisotopic (exact) mass is 440 g/mol. The molecule has 9 nitrogen and oxygen atoms in total. The van der Waals surface area contributed by atoms with Crippen LogP contribution in [0, 0.1) is 0 Å². The van der Waals surface area contributed by atoms with Gasteiger partial charge >= 0.3 is 11.9 Å². The molecule has 0 amide bonds. The fraction of sp³-hybridized carbons (Fsp3) is 0.500. The van der Waals surface area contributed by atoms with E-state index in [-0.39, 0.29) is 29.5 Å². The van der Waals surface area contributed by atoms with Gasteiger partial charge in [0.1, 0.15) is 12.4 Å². The number of esters is 2. The van der Waals surface area contributed by atoms with E-state index in [1.165, 1.54) is 43.4 Å². The predicted octanol–water partition coefficient (Wildman–Crippen LogP) is 1.94. The first-order chi connectivity index (χ1) is 14.4. The average molecular weight is 441 g/mol. The first kappa shape index (κ1) is 23.8. The zero-order valence-electron chi connectivity index (χ0n) is 17.5. The Labute approximate surface area is 177 Å². The molecule has 0 atom stereocenters. The number of methoxy groups -OCH3 is 2. The van der Waals surface area contributed by atoms with Gasteiger partial charge in [-0.15, -0.1) is 0 Å². The highest BCUT2D eigenvalue weighted by atomic mass is 32.2. The van der Waals surface area contributed by atoms with Crippen molar-refractivity contribution in [2.45, 2.75) is 37.5 Å². The van der Waals surface area contributed by atoms with Crippen LogP contribution in [0.15, 0.2) is 40.4 Å². The largest absolute Gasteiger partial charge is 0.466 e. The smallest absolute Gasteiger partial charge is 0.355 e. The van der Waals surface area contributed by atoms with Crippen LogP contribution >= 0.6 is 0 Å². The Kier molecular flexibility index (Phi) is 8.82. The third-order valence-electron chi connectivity index (χ3n) is 4.61. The van der Waals surface area contributed by atoms with Crippen molar-refractivity contribution in [3.8, 4) is 0 Å². The molecular weight excluding hydrogens is 412 g/mol. The molecule has 0 radical (unpaired) electrons. The van der Waals surface area contributed by atoms with Crippen LogP contribution in [0.5, 0.6) is 0 Å². The van der Waals surface area contributed by atoms with Crippen LogP contribution in [0.4, 0.5) is 5.69 Å². The van der Waals surface area contributed by atoms with Crippen LogP contribution in [0.3, 0.4) is 0 Å². The van der Waals surface area contributed by atoms with Gasteiger partial charge in [-0.3, -0.25) is 0 Å². The third kappa shape index (κ3) is 5.80. The van der Waals surface area contributed by atoms with E-state index < -0.39 is 22.0 Å². The Bertz CT molecular complexity index is 879. The van der Waals surface area contributed by atoms with Crippen LogP contribution in [0.25, 0.3) is 0 Å². The summed E-state index contributed by atoms with van der Waals surface area (Å²) in [4.78, 5) is 25.9. The van der Waals surface area contributed by atoms with Crippen molar-refractivity contribution in [1.82, 2.24) is 4.72 Å². The molecule has 166 valence electrons. The molecule has 10 heteroatoms. The molecule has 0 unspecified atom stereocenters. The SMILES string of the molecule is CCCCCCNS(=O)(=O)c1ccc(N2COCC(C(=O)OC)=C2C(=O)OC)cc1. The number of hydrogen-bond acceptors (Lipinski definition) is 8. The zero-order valence-corrected chi connectivity index (χ0v) is 18.3. The van der Waals surface area contributed by atoms with Crippen LogP contribution < -0.4 is 9.62 Å². The molecule has 0 spiro atoms. The van der Waals surface area contributed by atoms with Gasteiger partial charge in [-0.2, -0.15) is 0 Å². The number of rotatable bonds is 10. The lowest BCUT2D eigenvalue weighted by Gasteiger charge is -2.31. The normalized spacial score (nSPS) is 14.6. The van der Waals surface area contributed by atoms with Crippen molar-refractivity contribution in [2.24, 2.45) is 0 Å². The Morgan fingerprint density at radius 2 is 1.73 bits per heavy atom. The minimum absolute atomic E-state index is 0.000237. The second-order valence-electron chi connectivity index (χ2n) is 6.67. The molecule has 1 heterocycles. The minimum atomic E-state index is -3.64. The number of benzene rings is 1. The van der Waals surface area contributed by atoms with Crippen LogP contribution in [0.1, 0.15) is 32.6 Å². The van der Waals surface area contributed by atoms with E-state index in [1.807, 2.05) is 0 Å². The first-order valence-corrected chi connectivity index (χ1v) is 11.2. The van der Waals surface area contributed by atoms with Crippen molar-refractivity contribution < 1.29 is 32.2 Å². The van der Waals surface area contributed by atoms with Crippen LogP contribution in [-0.4, -0.2) is 54.5 Å². The lowest BCUT2D eigenvalue weighted by Crippen LogP contribution is -2.38. The molecule has 1 aliphatic rings. The summed E-state index contributed by atoms with van der Waals surface area (Å²) in [6.07, 6.45) is 3.89. The lowest BCUT2D eigenvalue weighted by molar-refractivity contribution is -0.140. The number of nitrogens with zero attached hydrogens (tertiary/aromatic N) is 1. The van der Waals surface area contributed by atoms with E-state index in [4.69, 9.17) is 14.2 Å². The fourth-order valence-electron chi connectivity index (χ4n) is 2.99. The number of nitrogens with one attached hydrogen (secondary N) is 1. The van der Waals surface area contributed by atoms with Gasteiger partial charge in [-0.1, -0.05) is 26.2 Å². The number of ether oxygens (including phenoxy) is 3. The number of sulfonamides is 1. The van der Waals surface area contributed by atoms with Crippen molar-refractivity contribution in [3.05, 3.63) is 35.5 Å². The topological polar surface area (TPSA) is 111 Å². The van der Waals surface area contributed by atoms with Gasteiger partial charge in [-0.25, -0.2) is 22.7 Å². The highest BCUT2D eigenvalue weighted by Crippen LogP contribution is 2.27. The van der Waals surface area contributed by atoms with Crippen molar-refractivity contribution >= 4 is 27.6 Å². The van der Waals surface area contributed by atoms with Crippen molar-refractivity contribution in [1.29, 1.82) is 0 Å². The van der Waals surface area contributed by atoms with Crippen LogP contribution in [0.2, 0.25) is 0 Å². The summed E-state index contributed by atoms with van der Waals surface area (Å²) >= 11 is 0. The summed E-state index contributed by atoms with van der Waals surface area (Å²) in [7, 11) is -1.22. The third-order valence-corrected chi connectivity index (χ3v) is 6.09. The molecule has 1 aromatic carbocycles. The first-order valence-electron chi connectivity index (χ1n) is 9.70. The van der Waals surface area contributed by atoms with Gasteiger partial charge in [0.2, 0.25) is 10.0 Å². The quantitative estimate of drug-likeness (QED) is 0.434. The van der Waals surface area contributed by atoms with Gasteiger partial charge in [0.25, 0.3) is 0 Å². The van der Waals surface area contributed by atoms with E-state index in [0.717, 1.165) is 25.7 Å². The van der Waals surface area contributed by atoms with E-state index in [1.54, 1.807) is 0 Å². The fourth-order valence-corrected chi connectivity index (χ4v) is 4.07. The summed E-state index contributed by atoms with van der Waals surface area (Å²) in [5.74, 6) is -1.42. The highest BCUT2D eigenvalue weighted by molar-refractivity contribution is 7.89. The molecular formula is C20H28N2O7S. The molecule has 0 saturated heterocycles. The number of unbranched alkanes of at least 4 members (excludes halogenated alkanes) is 3. The molecule has 30 heavy (non-hydrogen) atoms. The van der Waals surface area contributed by atoms with Gasteiger partial charge in [0.15, 0.2) is 0 Å². The number of anilines is 1. The molecule has 0 bridgehead atoms. The maximum absolute atomic E-state index is 12.5. The Morgan fingerprint density at radius 1 is 1.07 bits per heavy atom. The van der Waals surface area contributed by atoms with Gasteiger partial charge in [0, 0.05) is 12.2 Å². The molecule has 0 aliphatic carbocycles. The van der Waals surface area contributed by atoms with E-state index in [0.29, 0.717) is 12.2 Å². The minimum Gasteiger partial charge on any atom is -0.466 e. The second-order valence-corrected chi connectivity index (χ2v) is 8.44. The molecule has 0 saturated carbocycles. The van der Waals surface area contributed by atoms with Gasteiger partial charge in [-0.05, 0) is 30.7 Å². The number of carbonyl (C=O) groups excluding carboxylic acids is 2. The lowest BCUT2D eigenvalue weighted by atomic mass is 10.1. The Hall–Kier alpha value is -2.43. The van der Waals surface area contributed by atoms with Crippen molar-refractivity contribution in [2.75, 3.05) is 39.0 Å². The van der Waals surface area contributed by atoms with Crippen molar-refractivity contribution in [3.63, 3.8) is 0 Å². The standard InChI is InChI=1S/C20H28N2O7S/c1-4-5-6-7-12-21-30(25,26)16-10-8-15(9-11-16)22-14-29-13-17(19(23)27-2)18(22)20(24)28-3/h8-11,21H,4-7,12-14H2,1-3H3. The Morgan fingerprint density at radius 3 is 2.33 bits per heavy atom. The number of carbonyl (C=O) groups is 2. The Balaban J connectivity index is 2.23. The zero-order chi connectivity index (χ0) is 22.1. The maximum Gasteiger partial charge on any atom is 0.355 e. The van der Waals surface area contributed by atoms with Crippen LogP contribution in [-0.2, 0) is 33.8 Å². The molecule has 1 N–H and O–H groups in total. The predicted molar refractivity (Wildman–Crippen MR) is 110 cm³/mol. The van der Waals surface area contributed by atoms with E-state index in [9.17, 15) is 18.0 Å². The number of hydrogen-bond donors (Lipinski definition) is 1. The molecule has 1 aliphatic heterocycles. The van der Waals surface area contributed by atoms with E-state index >= 15 is 0 Å². The summed E-state index contributed by atoms with van der Waals surface area (Å²) in [6, 6.07) is 5.95. The molecule has 0 aromatic heterocycles. The highest BCUT2D eigenvalue weighted by Gasteiger charge is 2.32. The summed E-state index contributed by atoms with van der Waals surface area (Å²) < 4.78 is 42.4. The van der Waals surface area contributed by atoms with E-state index in [2.05, 4.69) is 11.6 Å². The summed E-state index contributed by atoms with van der Waals surface area (Å²) in [5, 5.41) is 0. The summed E-state index contributed by atoms with van der Waals surface area (Å²) in [6.45, 7) is 2.37. The molecule has 1 aromatic rings. The average Bonchev–Trinajstić information content (AvgIpc) is 2.77. The molecule has 0 fully saturated rings. The maximum atomic E-state index is 12.5. The summed E-state index contributed by atoms with van der Waals surface area (Å²) in [5.41, 5.74) is 0.500. The van der Waals surface area contributed by atoms with Gasteiger partial charge in [0.05, 0.1) is 31.3 Å². The van der Waals surface area contributed by atoms with Gasteiger partial charge < -0.3 is 19.1 Å². The second kappa shape index (κ2) is 11.1.